The quantitative estimate of drug-likeness (QED) is 0.812. The van der Waals surface area contributed by atoms with Crippen molar-refractivity contribution < 1.29 is 13.9 Å². The Morgan fingerprint density at radius 3 is 2.75 bits per heavy atom. The maximum absolute atomic E-state index is 13.8. The predicted octanol–water partition coefficient (Wildman–Crippen LogP) is 2.63. The first-order valence-corrected chi connectivity index (χ1v) is 7.85. The lowest BCUT2D eigenvalue weighted by molar-refractivity contribution is -0.117. The van der Waals surface area contributed by atoms with Gasteiger partial charge >= 0.3 is 0 Å². The summed E-state index contributed by atoms with van der Waals surface area (Å²) in [6, 6.07) is 3.72. The first-order valence-electron chi connectivity index (χ1n) is 6.45. The molecule has 0 fully saturated rings. The fourth-order valence-corrected chi connectivity index (χ4v) is 2.03. The first kappa shape index (κ1) is 16.8. The van der Waals surface area contributed by atoms with Crippen molar-refractivity contribution in [2.75, 3.05) is 17.3 Å². The van der Waals surface area contributed by atoms with E-state index in [4.69, 9.17) is 10.5 Å². The Bertz CT molecular complexity index is 455. The van der Waals surface area contributed by atoms with E-state index in [9.17, 15) is 9.18 Å². The molecule has 3 N–H and O–H groups in total. The summed E-state index contributed by atoms with van der Waals surface area (Å²) in [4.78, 5) is 11.8. The van der Waals surface area contributed by atoms with Crippen LogP contribution in [0.3, 0.4) is 0 Å². The summed E-state index contributed by atoms with van der Waals surface area (Å²) in [7, 11) is 0. The number of benzene rings is 1. The van der Waals surface area contributed by atoms with Gasteiger partial charge in [-0.2, -0.15) is 11.8 Å². The number of hydrogen-bond acceptors (Lipinski definition) is 4. The minimum Gasteiger partial charge on any atom is -0.491 e. The number of hydrogen-bond donors (Lipinski definition) is 2. The van der Waals surface area contributed by atoms with Crippen LogP contribution in [0, 0.1) is 5.82 Å². The second-order valence-electron chi connectivity index (χ2n) is 4.69. The minimum atomic E-state index is -0.631. The zero-order chi connectivity index (χ0) is 15.1. The Morgan fingerprint density at radius 2 is 2.20 bits per heavy atom. The lowest BCUT2D eigenvalue weighted by atomic mass is 10.2. The summed E-state index contributed by atoms with van der Waals surface area (Å²) in [6.07, 6.45) is 2.47. The van der Waals surface area contributed by atoms with Crippen molar-refractivity contribution in [1.29, 1.82) is 0 Å². The fraction of sp³-hybridized carbons (Fsp3) is 0.500. The topological polar surface area (TPSA) is 64.4 Å². The van der Waals surface area contributed by atoms with Gasteiger partial charge in [-0.1, -0.05) is 0 Å². The van der Waals surface area contributed by atoms with E-state index in [1.165, 1.54) is 12.1 Å². The molecule has 4 nitrogen and oxygen atoms in total. The molecule has 0 aliphatic heterocycles. The average molecular weight is 300 g/mol. The predicted molar refractivity (Wildman–Crippen MR) is 81.8 cm³/mol. The number of rotatable bonds is 7. The van der Waals surface area contributed by atoms with Gasteiger partial charge in [-0.05, 0) is 44.4 Å². The summed E-state index contributed by atoms with van der Waals surface area (Å²) < 4.78 is 19.2. The van der Waals surface area contributed by atoms with Crippen molar-refractivity contribution >= 4 is 23.4 Å². The molecule has 0 spiro atoms. The highest BCUT2D eigenvalue weighted by Gasteiger charge is 2.15. The Hall–Kier alpha value is -1.27. The molecule has 6 heteroatoms. The summed E-state index contributed by atoms with van der Waals surface area (Å²) in [5.74, 6) is 0.310. The molecule has 112 valence electrons. The minimum absolute atomic E-state index is 0.0326. The van der Waals surface area contributed by atoms with E-state index in [2.05, 4.69) is 5.32 Å². The standard InChI is InChI=1S/C14H21FN2O2S/c1-9(2)19-10-4-5-13(11(15)8-10)17-14(18)12(16)6-7-20-3/h4-5,8-9,12H,6-7,16H2,1-3H3,(H,17,18)/t12-/m0/s1. The van der Waals surface area contributed by atoms with Crippen molar-refractivity contribution in [3.05, 3.63) is 24.0 Å². The summed E-state index contributed by atoms with van der Waals surface area (Å²) in [5.41, 5.74) is 5.84. The highest BCUT2D eigenvalue weighted by molar-refractivity contribution is 7.98. The number of anilines is 1. The SMILES string of the molecule is CSCC[C@H](N)C(=O)Nc1ccc(OC(C)C)cc1F. The van der Waals surface area contributed by atoms with Gasteiger partial charge in [-0.3, -0.25) is 4.79 Å². The third-order valence-corrected chi connectivity index (χ3v) is 3.18. The molecule has 0 saturated heterocycles. The third-order valence-electron chi connectivity index (χ3n) is 2.54. The van der Waals surface area contributed by atoms with Crippen LogP contribution < -0.4 is 15.8 Å². The van der Waals surface area contributed by atoms with E-state index < -0.39 is 11.9 Å². The summed E-state index contributed by atoms with van der Waals surface area (Å²) in [5, 5.41) is 2.50. The van der Waals surface area contributed by atoms with E-state index in [1.54, 1.807) is 17.8 Å². The summed E-state index contributed by atoms with van der Waals surface area (Å²) in [6.45, 7) is 3.72. The smallest absolute Gasteiger partial charge is 0.241 e. The van der Waals surface area contributed by atoms with Gasteiger partial charge in [0.2, 0.25) is 5.91 Å². The lowest BCUT2D eigenvalue weighted by Crippen LogP contribution is -2.36. The van der Waals surface area contributed by atoms with Crippen LogP contribution in [0.1, 0.15) is 20.3 Å². The van der Waals surface area contributed by atoms with Crippen LogP contribution in [0.15, 0.2) is 18.2 Å². The highest BCUT2D eigenvalue weighted by atomic mass is 32.2. The zero-order valence-electron chi connectivity index (χ0n) is 12.0. The number of halogens is 1. The van der Waals surface area contributed by atoms with Crippen molar-refractivity contribution in [3.63, 3.8) is 0 Å². The molecule has 1 amide bonds. The van der Waals surface area contributed by atoms with Gasteiger partial charge in [0.1, 0.15) is 11.6 Å². The molecular weight excluding hydrogens is 279 g/mol. The van der Waals surface area contributed by atoms with Gasteiger partial charge in [0.05, 0.1) is 17.8 Å². The van der Waals surface area contributed by atoms with Gasteiger partial charge < -0.3 is 15.8 Å². The second kappa shape index (κ2) is 8.11. The zero-order valence-corrected chi connectivity index (χ0v) is 12.8. The Morgan fingerprint density at radius 1 is 1.50 bits per heavy atom. The van der Waals surface area contributed by atoms with Crippen molar-refractivity contribution in [1.82, 2.24) is 0 Å². The number of nitrogens with one attached hydrogen (secondary N) is 1. The van der Waals surface area contributed by atoms with Crippen LogP contribution in [-0.2, 0) is 4.79 Å². The van der Waals surface area contributed by atoms with Crippen LogP contribution in [0.25, 0.3) is 0 Å². The molecule has 1 aromatic carbocycles. The molecule has 0 radical (unpaired) electrons. The number of carbonyl (C=O) groups is 1. The molecule has 1 rings (SSSR count). The molecule has 1 atom stereocenters. The lowest BCUT2D eigenvalue weighted by Gasteiger charge is -2.14. The normalized spacial score (nSPS) is 12.3. The largest absolute Gasteiger partial charge is 0.491 e. The third kappa shape index (κ3) is 5.38. The van der Waals surface area contributed by atoms with Crippen molar-refractivity contribution in [3.8, 4) is 5.75 Å². The van der Waals surface area contributed by atoms with Crippen LogP contribution in [-0.4, -0.2) is 30.1 Å². The maximum Gasteiger partial charge on any atom is 0.241 e. The van der Waals surface area contributed by atoms with Crippen LogP contribution in [0.5, 0.6) is 5.75 Å². The van der Waals surface area contributed by atoms with E-state index in [-0.39, 0.29) is 17.7 Å². The van der Waals surface area contributed by atoms with Gasteiger partial charge in [0.25, 0.3) is 0 Å². The van der Waals surface area contributed by atoms with Crippen molar-refractivity contribution in [2.45, 2.75) is 32.4 Å². The molecular formula is C14H21FN2O2S. The van der Waals surface area contributed by atoms with E-state index in [0.717, 1.165) is 5.75 Å². The van der Waals surface area contributed by atoms with Gasteiger partial charge in [0.15, 0.2) is 0 Å². The molecule has 20 heavy (non-hydrogen) atoms. The highest BCUT2D eigenvalue weighted by Crippen LogP contribution is 2.21. The average Bonchev–Trinajstić information content (AvgIpc) is 2.38. The number of thioether (sulfide) groups is 1. The van der Waals surface area contributed by atoms with Crippen LogP contribution in [0.2, 0.25) is 0 Å². The summed E-state index contributed by atoms with van der Waals surface area (Å²) >= 11 is 1.61. The number of ether oxygens (including phenoxy) is 1. The van der Waals surface area contributed by atoms with Crippen molar-refractivity contribution in [2.24, 2.45) is 5.73 Å². The number of nitrogens with two attached hydrogens (primary N) is 1. The van der Waals surface area contributed by atoms with Gasteiger partial charge in [-0.15, -0.1) is 0 Å². The molecule has 0 unspecified atom stereocenters. The van der Waals surface area contributed by atoms with E-state index in [1.807, 2.05) is 20.1 Å². The molecule has 0 aromatic heterocycles. The Labute approximate surface area is 123 Å². The Kier molecular flexibility index (Phi) is 6.81. The van der Waals surface area contributed by atoms with Crippen LogP contribution in [0.4, 0.5) is 10.1 Å². The van der Waals surface area contributed by atoms with E-state index in [0.29, 0.717) is 12.2 Å². The van der Waals surface area contributed by atoms with E-state index >= 15 is 0 Å². The molecule has 0 aliphatic rings. The first-order chi connectivity index (χ1) is 9.43. The van der Waals surface area contributed by atoms with Crippen LogP contribution >= 0.6 is 11.8 Å². The number of amides is 1. The fourth-order valence-electron chi connectivity index (χ4n) is 1.54. The molecule has 1 aromatic rings. The Balaban J connectivity index is 2.66. The monoisotopic (exact) mass is 300 g/mol. The second-order valence-corrected chi connectivity index (χ2v) is 5.67. The molecule has 0 aliphatic carbocycles. The number of carbonyl (C=O) groups excluding carboxylic acids is 1. The maximum atomic E-state index is 13.8. The molecule has 0 bridgehead atoms. The molecule has 0 saturated carbocycles. The van der Waals surface area contributed by atoms with Gasteiger partial charge in [-0.25, -0.2) is 4.39 Å². The van der Waals surface area contributed by atoms with Gasteiger partial charge in [0, 0.05) is 6.07 Å². The molecule has 0 heterocycles.